The minimum absolute atomic E-state index is 0.165. The Labute approximate surface area is 205 Å². The summed E-state index contributed by atoms with van der Waals surface area (Å²) < 4.78 is 12.1. The molecule has 4 nitrogen and oxygen atoms in total. The Bertz CT molecular complexity index is 1070. The first-order valence-electron chi connectivity index (χ1n) is 9.23. The van der Waals surface area contributed by atoms with Gasteiger partial charge in [-0.25, -0.2) is 0 Å². The van der Waals surface area contributed by atoms with Gasteiger partial charge in [0.1, 0.15) is 10.9 Å². The molecule has 2 aromatic carbocycles. The van der Waals surface area contributed by atoms with Crippen molar-refractivity contribution >= 4 is 75.1 Å². The Balaban J connectivity index is 1.87. The van der Waals surface area contributed by atoms with E-state index in [-0.39, 0.29) is 12.5 Å². The van der Waals surface area contributed by atoms with Gasteiger partial charge < -0.3 is 9.47 Å². The van der Waals surface area contributed by atoms with Gasteiger partial charge in [-0.05, 0) is 42.8 Å². The molecule has 0 spiro atoms. The van der Waals surface area contributed by atoms with Crippen molar-refractivity contribution in [1.29, 1.82) is 0 Å². The molecule has 9 heteroatoms. The molecule has 0 unspecified atom stereocenters. The number of amides is 1. The lowest BCUT2D eigenvalue weighted by Gasteiger charge is -2.15. The third-order valence-electron chi connectivity index (χ3n) is 4.20. The van der Waals surface area contributed by atoms with Crippen LogP contribution in [0.3, 0.4) is 0 Å². The molecular formula is C22H18Cl3NO3S2. The molecule has 0 aromatic heterocycles. The summed E-state index contributed by atoms with van der Waals surface area (Å²) in [5.74, 6) is 0.695. The molecule has 1 heterocycles. The SMILES string of the molecule is C=CCN1C(=O)C(=Cc2cc(Cl)c(OCc3ccc(Cl)cc3Cl)c(OCC)c2)SC1=S. The zero-order chi connectivity index (χ0) is 22.5. The van der Waals surface area contributed by atoms with E-state index in [2.05, 4.69) is 6.58 Å². The molecule has 1 saturated heterocycles. The molecule has 0 aliphatic carbocycles. The van der Waals surface area contributed by atoms with Crippen LogP contribution in [0.2, 0.25) is 15.1 Å². The van der Waals surface area contributed by atoms with Gasteiger partial charge in [-0.15, -0.1) is 6.58 Å². The highest BCUT2D eigenvalue weighted by Crippen LogP contribution is 2.40. The average Bonchev–Trinajstić information content (AvgIpc) is 2.96. The fourth-order valence-corrected chi connectivity index (χ4v) is 4.81. The van der Waals surface area contributed by atoms with Crippen LogP contribution in [0.1, 0.15) is 18.1 Å². The first kappa shape index (κ1) is 24.0. The highest BCUT2D eigenvalue weighted by atomic mass is 35.5. The Hall–Kier alpha value is -1.70. The molecule has 0 N–H and O–H groups in total. The lowest BCUT2D eigenvalue weighted by molar-refractivity contribution is -0.121. The lowest BCUT2D eigenvalue weighted by Crippen LogP contribution is -2.27. The molecule has 1 aliphatic rings. The average molecular weight is 515 g/mol. The second kappa shape index (κ2) is 10.7. The second-order valence-electron chi connectivity index (χ2n) is 6.37. The molecule has 31 heavy (non-hydrogen) atoms. The largest absolute Gasteiger partial charge is 0.490 e. The van der Waals surface area contributed by atoms with Gasteiger partial charge >= 0.3 is 0 Å². The number of ether oxygens (including phenoxy) is 2. The van der Waals surface area contributed by atoms with Crippen molar-refractivity contribution in [2.45, 2.75) is 13.5 Å². The molecule has 0 saturated carbocycles. The molecule has 0 bridgehead atoms. The van der Waals surface area contributed by atoms with Gasteiger partial charge in [-0.3, -0.25) is 9.69 Å². The monoisotopic (exact) mass is 513 g/mol. The van der Waals surface area contributed by atoms with Crippen LogP contribution in [-0.2, 0) is 11.4 Å². The van der Waals surface area contributed by atoms with Crippen LogP contribution in [0.15, 0.2) is 47.9 Å². The van der Waals surface area contributed by atoms with Gasteiger partial charge in [0.05, 0.1) is 16.5 Å². The summed E-state index contributed by atoms with van der Waals surface area (Å²) in [7, 11) is 0. The Morgan fingerprint density at radius 1 is 1.16 bits per heavy atom. The summed E-state index contributed by atoms with van der Waals surface area (Å²) in [6.07, 6.45) is 3.37. The van der Waals surface area contributed by atoms with Gasteiger partial charge in [-0.2, -0.15) is 0 Å². The topological polar surface area (TPSA) is 38.8 Å². The van der Waals surface area contributed by atoms with E-state index in [1.165, 1.54) is 16.7 Å². The maximum Gasteiger partial charge on any atom is 0.266 e. The van der Waals surface area contributed by atoms with Crippen LogP contribution in [0.25, 0.3) is 6.08 Å². The third kappa shape index (κ3) is 5.76. The number of carbonyl (C=O) groups is 1. The van der Waals surface area contributed by atoms with Gasteiger partial charge in [0.25, 0.3) is 5.91 Å². The molecule has 1 fully saturated rings. The molecule has 3 rings (SSSR count). The van der Waals surface area contributed by atoms with Crippen molar-refractivity contribution < 1.29 is 14.3 Å². The van der Waals surface area contributed by atoms with Gasteiger partial charge in [0.2, 0.25) is 0 Å². The fraction of sp³-hybridized carbons (Fsp3) is 0.182. The van der Waals surface area contributed by atoms with Crippen LogP contribution in [-0.4, -0.2) is 28.3 Å². The zero-order valence-electron chi connectivity index (χ0n) is 16.5. The highest BCUT2D eigenvalue weighted by Gasteiger charge is 2.31. The zero-order valence-corrected chi connectivity index (χ0v) is 20.4. The van der Waals surface area contributed by atoms with Crippen LogP contribution in [0.5, 0.6) is 11.5 Å². The number of halogens is 3. The van der Waals surface area contributed by atoms with Crippen molar-refractivity contribution in [3.63, 3.8) is 0 Å². The number of carbonyl (C=O) groups excluding carboxylic acids is 1. The summed E-state index contributed by atoms with van der Waals surface area (Å²) >= 11 is 25.2. The summed E-state index contributed by atoms with van der Waals surface area (Å²) in [6.45, 7) is 6.50. The first-order valence-corrected chi connectivity index (χ1v) is 11.6. The van der Waals surface area contributed by atoms with Crippen molar-refractivity contribution in [1.82, 2.24) is 4.90 Å². The van der Waals surface area contributed by atoms with Crippen LogP contribution in [0, 0.1) is 0 Å². The standard InChI is InChI=1S/C22H18Cl3NO3S2/c1-3-7-26-21(27)19(31-22(26)30)10-13-8-17(25)20(18(9-13)28-4-2)29-12-14-5-6-15(23)11-16(14)24/h3,5-6,8-11H,1,4,7,12H2,2H3. The van der Waals surface area contributed by atoms with Crippen LogP contribution < -0.4 is 9.47 Å². The number of nitrogens with zero attached hydrogens (tertiary/aromatic N) is 1. The van der Waals surface area contributed by atoms with Crippen molar-refractivity contribution in [3.05, 3.63) is 74.1 Å². The molecular weight excluding hydrogens is 497 g/mol. The first-order chi connectivity index (χ1) is 14.8. The summed E-state index contributed by atoms with van der Waals surface area (Å²) in [5, 5.41) is 1.40. The number of thiocarbonyl (C=S) groups is 1. The van der Waals surface area contributed by atoms with E-state index in [9.17, 15) is 4.79 Å². The van der Waals surface area contributed by atoms with Gasteiger partial charge in [-0.1, -0.05) is 70.9 Å². The predicted molar refractivity (Wildman–Crippen MR) is 133 cm³/mol. The fourth-order valence-electron chi connectivity index (χ4n) is 2.80. The van der Waals surface area contributed by atoms with E-state index < -0.39 is 0 Å². The number of thioether (sulfide) groups is 1. The molecule has 2 aromatic rings. The third-order valence-corrected chi connectivity index (χ3v) is 6.45. The predicted octanol–water partition coefficient (Wildman–Crippen LogP) is 7.01. The van der Waals surface area contributed by atoms with Gasteiger partial charge in [0, 0.05) is 22.2 Å². The van der Waals surface area contributed by atoms with E-state index in [0.717, 1.165) is 5.56 Å². The summed E-state index contributed by atoms with van der Waals surface area (Å²) in [6, 6.07) is 8.66. The van der Waals surface area contributed by atoms with E-state index in [4.69, 9.17) is 56.5 Å². The lowest BCUT2D eigenvalue weighted by atomic mass is 10.1. The Kier molecular flexibility index (Phi) is 8.30. The maximum atomic E-state index is 12.6. The minimum atomic E-state index is -0.165. The van der Waals surface area contributed by atoms with E-state index in [0.29, 0.717) is 54.5 Å². The molecule has 0 atom stereocenters. The van der Waals surface area contributed by atoms with E-state index >= 15 is 0 Å². The molecule has 1 amide bonds. The van der Waals surface area contributed by atoms with E-state index in [1.807, 2.05) is 6.92 Å². The van der Waals surface area contributed by atoms with E-state index in [1.54, 1.807) is 42.5 Å². The van der Waals surface area contributed by atoms with Crippen molar-refractivity contribution in [2.24, 2.45) is 0 Å². The minimum Gasteiger partial charge on any atom is -0.490 e. The maximum absolute atomic E-state index is 12.6. The Morgan fingerprint density at radius 3 is 2.61 bits per heavy atom. The van der Waals surface area contributed by atoms with Crippen LogP contribution >= 0.6 is 58.8 Å². The van der Waals surface area contributed by atoms with Crippen molar-refractivity contribution in [2.75, 3.05) is 13.2 Å². The summed E-state index contributed by atoms with van der Waals surface area (Å²) in [5.41, 5.74) is 1.46. The number of hydrogen-bond acceptors (Lipinski definition) is 5. The van der Waals surface area contributed by atoms with Gasteiger partial charge in [0.15, 0.2) is 11.5 Å². The van der Waals surface area contributed by atoms with Crippen molar-refractivity contribution in [3.8, 4) is 11.5 Å². The summed E-state index contributed by atoms with van der Waals surface area (Å²) in [4.78, 5) is 14.6. The number of hydrogen-bond donors (Lipinski definition) is 0. The quantitative estimate of drug-likeness (QED) is 0.215. The number of benzene rings is 2. The smallest absolute Gasteiger partial charge is 0.266 e. The number of rotatable bonds is 8. The Morgan fingerprint density at radius 2 is 1.94 bits per heavy atom. The van der Waals surface area contributed by atoms with Crippen LogP contribution in [0.4, 0.5) is 0 Å². The highest BCUT2D eigenvalue weighted by molar-refractivity contribution is 8.26. The normalized spacial score (nSPS) is 15.0. The molecule has 1 aliphatic heterocycles. The molecule has 0 radical (unpaired) electrons. The molecule has 162 valence electrons. The second-order valence-corrected chi connectivity index (χ2v) is 9.29.